The van der Waals surface area contributed by atoms with E-state index in [1.807, 2.05) is 0 Å². The number of hydrogen-bond acceptors (Lipinski definition) is 5. The molecule has 0 aromatic heterocycles. The standard InChI is InChI=1S/C25H28N2O5/c1-16(2)24(30)26-20-11-7-18(8-12-20)23(29)17(3)32-25(31)19-9-13-21(14-10-19)27-15-5-4-6-22(27)28/h7-14,16-17H,4-6,15H2,1-3H3,(H,26,30)/t17-/m1/s1. The lowest BCUT2D eigenvalue weighted by atomic mass is 10.1. The zero-order chi connectivity index (χ0) is 23.3. The smallest absolute Gasteiger partial charge is 0.338 e. The predicted molar refractivity (Wildman–Crippen MR) is 122 cm³/mol. The molecule has 1 atom stereocenters. The van der Waals surface area contributed by atoms with Gasteiger partial charge in [-0.25, -0.2) is 4.79 Å². The summed E-state index contributed by atoms with van der Waals surface area (Å²) >= 11 is 0. The summed E-state index contributed by atoms with van der Waals surface area (Å²) in [6.45, 7) is 5.79. The average Bonchev–Trinajstić information content (AvgIpc) is 2.79. The van der Waals surface area contributed by atoms with Crippen molar-refractivity contribution in [2.45, 2.75) is 46.1 Å². The summed E-state index contributed by atoms with van der Waals surface area (Å²) in [7, 11) is 0. The summed E-state index contributed by atoms with van der Waals surface area (Å²) in [5.41, 5.74) is 2.04. The van der Waals surface area contributed by atoms with Gasteiger partial charge in [-0.2, -0.15) is 0 Å². The number of ketones is 1. The van der Waals surface area contributed by atoms with Gasteiger partial charge in [0.05, 0.1) is 5.56 Å². The Hall–Kier alpha value is -3.48. The summed E-state index contributed by atoms with van der Waals surface area (Å²) < 4.78 is 5.35. The van der Waals surface area contributed by atoms with Crippen LogP contribution in [-0.2, 0) is 14.3 Å². The molecule has 0 unspecified atom stereocenters. The van der Waals surface area contributed by atoms with Crippen molar-refractivity contribution in [1.29, 1.82) is 0 Å². The Balaban J connectivity index is 1.59. The van der Waals surface area contributed by atoms with Gasteiger partial charge in [-0.3, -0.25) is 14.4 Å². The molecule has 0 radical (unpaired) electrons. The van der Waals surface area contributed by atoms with Crippen LogP contribution in [0, 0.1) is 5.92 Å². The van der Waals surface area contributed by atoms with Crippen LogP contribution in [0.15, 0.2) is 48.5 Å². The number of carbonyl (C=O) groups excluding carboxylic acids is 4. The van der Waals surface area contributed by atoms with Crippen LogP contribution in [0.2, 0.25) is 0 Å². The number of nitrogens with zero attached hydrogens (tertiary/aromatic N) is 1. The SMILES string of the molecule is CC(C)C(=O)Nc1ccc(C(=O)[C@@H](C)OC(=O)c2ccc(N3CCCCC3=O)cc2)cc1. The quantitative estimate of drug-likeness (QED) is 0.518. The Morgan fingerprint density at radius 3 is 2.12 bits per heavy atom. The molecule has 7 nitrogen and oxygen atoms in total. The van der Waals surface area contributed by atoms with Crippen molar-refractivity contribution in [3.63, 3.8) is 0 Å². The molecule has 1 saturated heterocycles. The number of hydrogen-bond donors (Lipinski definition) is 1. The molecule has 1 heterocycles. The van der Waals surface area contributed by atoms with E-state index in [-0.39, 0.29) is 23.5 Å². The average molecular weight is 437 g/mol. The van der Waals surface area contributed by atoms with E-state index >= 15 is 0 Å². The highest BCUT2D eigenvalue weighted by molar-refractivity contribution is 6.02. The molecule has 168 valence electrons. The Kier molecular flexibility index (Phi) is 7.41. The van der Waals surface area contributed by atoms with E-state index < -0.39 is 12.1 Å². The Bertz CT molecular complexity index is 996. The van der Waals surface area contributed by atoms with Gasteiger partial charge in [0, 0.05) is 35.8 Å². The third-order valence-corrected chi connectivity index (χ3v) is 5.35. The third kappa shape index (κ3) is 5.60. The Morgan fingerprint density at radius 1 is 0.906 bits per heavy atom. The Morgan fingerprint density at radius 2 is 1.53 bits per heavy atom. The van der Waals surface area contributed by atoms with Gasteiger partial charge >= 0.3 is 5.97 Å². The minimum atomic E-state index is -0.970. The predicted octanol–water partition coefficient (Wildman–Crippen LogP) is 4.23. The maximum Gasteiger partial charge on any atom is 0.338 e. The number of benzene rings is 2. The van der Waals surface area contributed by atoms with Gasteiger partial charge in [-0.05, 0) is 68.3 Å². The first-order chi connectivity index (χ1) is 15.3. The fourth-order valence-electron chi connectivity index (χ4n) is 3.38. The fraction of sp³-hybridized carbons (Fsp3) is 0.360. The molecule has 1 N–H and O–H groups in total. The van der Waals surface area contributed by atoms with E-state index in [9.17, 15) is 19.2 Å². The summed E-state index contributed by atoms with van der Waals surface area (Å²) in [5, 5.41) is 2.76. The van der Waals surface area contributed by atoms with Crippen molar-refractivity contribution >= 4 is 34.9 Å². The van der Waals surface area contributed by atoms with E-state index in [4.69, 9.17) is 4.74 Å². The number of nitrogens with one attached hydrogen (secondary N) is 1. The molecule has 2 amide bonds. The van der Waals surface area contributed by atoms with Crippen LogP contribution in [0.3, 0.4) is 0 Å². The molecule has 1 aliphatic heterocycles. The van der Waals surface area contributed by atoms with Crippen molar-refractivity contribution in [3.05, 3.63) is 59.7 Å². The number of esters is 1. The highest BCUT2D eigenvalue weighted by atomic mass is 16.5. The van der Waals surface area contributed by atoms with Gasteiger partial charge in [-0.1, -0.05) is 13.8 Å². The fourth-order valence-corrected chi connectivity index (χ4v) is 3.38. The molecule has 2 aromatic rings. The second kappa shape index (κ2) is 10.2. The number of carbonyl (C=O) groups is 4. The van der Waals surface area contributed by atoms with E-state index in [2.05, 4.69) is 5.32 Å². The molecule has 3 rings (SSSR count). The van der Waals surface area contributed by atoms with Gasteiger partial charge in [0.25, 0.3) is 0 Å². The summed E-state index contributed by atoms with van der Waals surface area (Å²) in [5.74, 6) is -1.12. The maximum atomic E-state index is 12.6. The summed E-state index contributed by atoms with van der Waals surface area (Å²) in [4.78, 5) is 50.7. The lowest BCUT2D eigenvalue weighted by Crippen LogP contribution is -2.35. The second-order valence-electron chi connectivity index (χ2n) is 8.18. The second-order valence-corrected chi connectivity index (χ2v) is 8.18. The van der Waals surface area contributed by atoms with Crippen LogP contribution in [0.4, 0.5) is 11.4 Å². The number of rotatable bonds is 7. The van der Waals surface area contributed by atoms with Gasteiger partial charge < -0.3 is 15.0 Å². The van der Waals surface area contributed by atoms with Crippen molar-refractivity contribution < 1.29 is 23.9 Å². The third-order valence-electron chi connectivity index (χ3n) is 5.35. The number of anilines is 2. The van der Waals surface area contributed by atoms with E-state index in [1.165, 1.54) is 6.92 Å². The van der Waals surface area contributed by atoms with Crippen molar-refractivity contribution in [3.8, 4) is 0 Å². The van der Waals surface area contributed by atoms with Crippen LogP contribution in [-0.4, -0.2) is 36.2 Å². The number of piperidine rings is 1. The zero-order valence-electron chi connectivity index (χ0n) is 18.6. The molecule has 1 aliphatic rings. The molecule has 0 saturated carbocycles. The van der Waals surface area contributed by atoms with Crippen LogP contribution < -0.4 is 10.2 Å². The van der Waals surface area contributed by atoms with Gasteiger partial charge in [0.2, 0.25) is 17.6 Å². The van der Waals surface area contributed by atoms with Crippen molar-refractivity contribution in [2.75, 3.05) is 16.8 Å². The number of ether oxygens (including phenoxy) is 1. The summed E-state index contributed by atoms with van der Waals surface area (Å²) in [6.07, 6.45) is 1.43. The first kappa shape index (κ1) is 23.2. The van der Waals surface area contributed by atoms with Crippen LogP contribution in [0.25, 0.3) is 0 Å². The Labute approximate surface area is 187 Å². The molecule has 1 fully saturated rings. The molecular weight excluding hydrogens is 408 g/mol. The molecule has 7 heteroatoms. The molecule has 2 aromatic carbocycles. The highest BCUT2D eigenvalue weighted by Crippen LogP contribution is 2.22. The van der Waals surface area contributed by atoms with Crippen molar-refractivity contribution in [1.82, 2.24) is 0 Å². The molecular formula is C25H28N2O5. The topological polar surface area (TPSA) is 92.8 Å². The largest absolute Gasteiger partial charge is 0.451 e. The monoisotopic (exact) mass is 436 g/mol. The maximum absolute atomic E-state index is 12.6. The molecule has 0 aliphatic carbocycles. The van der Waals surface area contributed by atoms with Gasteiger partial charge in [0.15, 0.2) is 6.10 Å². The molecule has 0 bridgehead atoms. The van der Waals surface area contributed by atoms with Crippen LogP contribution in [0.1, 0.15) is 60.7 Å². The van der Waals surface area contributed by atoms with E-state index in [1.54, 1.807) is 67.3 Å². The normalized spacial score (nSPS) is 14.8. The highest BCUT2D eigenvalue weighted by Gasteiger charge is 2.22. The zero-order valence-corrected chi connectivity index (χ0v) is 18.6. The number of amides is 2. The minimum absolute atomic E-state index is 0.0839. The van der Waals surface area contributed by atoms with Crippen molar-refractivity contribution in [2.24, 2.45) is 5.92 Å². The molecule has 0 spiro atoms. The van der Waals surface area contributed by atoms with Gasteiger partial charge in [0.1, 0.15) is 0 Å². The first-order valence-electron chi connectivity index (χ1n) is 10.8. The number of Topliss-reactive ketones (excluding diaryl/α,β-unsaturated/α-hetero) is 1. The molecule has 32 heavy (non-hydrogen) atoms. The lowest BCUT2D eigenvalue weighted by molar-refractivity contribution is -0.120. The van der Waals surface area contributed by atoms with Gasteiger partial charge in [-0.15, -0.1) is 0 Å². The first-order valence-corrected chi connectivity index (χ1v) is 10.8. The van der Waals surface area contributed by atoms with Crippen LogP contribution in [0.5, 0.6) is 0 Å². The van der Waals surface area contributed by atoms with E-state index in [0.29, 0.717) is 29.8 Å². The van der Waals surface area contributed by atoms with Crippen LogP contribution >= 0.6 is 0 Å². The van der Waals surface area contributed by atoms with E-state index in [0.717, 1.165) is 18.5 Å². The lowest BCUT2D eigenvalue weighted by Gasteiger charge is -2.26. The minimum Gasteiger partial charge on any atom is -0.451 e. The summed E-state index contributed by atoms with van der Waals surface area (Å²) in [6, 6.07) is 13.1.